The van der Waals surface area contributed by atoms with Crippen LogP contribution in [0.1, 0.15) is 16.2 Å². The number of nitrogens with zero attached hydrogens (tertiary/aromatic N) is 2. The molecule has 0 fully saturated rings. The Kier molecular flexibility index (Phi) is 4.42. The third-order valence-corrected chi connectivity index (χ3v) is 3.14. The molecule has 2 rings (SSSR count). The molecule has 7 heteroatoms. The number of hydrogen-bond donors (Lipinski definition) is 1. The van der Waals surface area contributed by atoms with Gasteiger partial charge in [-0.15, -0.1) is 0 Å². The fourth-order valence-electron chi connectivity index (χ4n) is 1.62. The Morgan fingerprint density at radius 2 is 2.05 bits per heavy atom. The van der Waals surface area contributed by atoms with Gasteiger partial charge in [-0.1, -0.05) is 23.2 Å². The van der Waals surface area contributed by atoms with Gasteiger partial charge >= 0.3 is 0 Å². The normalized spacial score (nSPS) is 10.2. The van der Waals surface area contributed by atoms with Gasteiger partial charge in [-0.3, -0.25) is 4.79 Å². The van der Waals surface area contributed by atoms with E-state index in [2.05, 4.69) is 15.3 Å². The van der Waals surface area contributed by atoms with E-state index in [1.165, 1.54) is 7.11 Å². The SMILES string of the molecule is COc1cc(Nc2nc(C)nc(Cl)c2C=O)ccc1Cl. The molecule has 2 aromatic rings. The molecule has 0 atom stereocenters. The van der Waals surface area contributed by atoms with Crippen LogP contribution in [0.15, 0.2) is 18.2 Å². The van der Waals surface area contributed by atoms with Crippen molar-refractivity contribution in [3.05, 3.63) is 39.8 Å². The number of benzene rings is 1. The van der Waals surface area contributed by atoms with Crippen LogP contribution in [0.25, 0.3) is 0 Å². The molecular weight excluding hydrogens is 301 g/mol. The standard InChI is InChI=1S/C13H11Cl2N3O2/c1-7-16-12(15)9(6-19)13(17-7)18-8-3-4-10(14)11(5-8)20-2/h3-6H,1-2H3,(H,16,17,18). The molecule has 1 aromatic carbocycles. The van der Waals surface area contributed by atoms with Gasteiger partial charge in [0.05, 0.1) is 17.7 Å². The number of aryl methyl sites for hydroxylation is 1. The first kappa shape index (κ1) is 14.6. The van der Waals surface area contributed by atoms with Gasteiger partial charge in [0, 0.05) is 11.8 Å². The Bertz CT molecular complexity index is 662. The van der Waals surface area contributed by atoms with E-state index in [0.717, 1.165) is 0 Å². The lowest BCUT2D eigenvalue weighted by Crippen LogP contribution is -2.03. The van der Waals surface area contributed by atoms with Crippen LogP contribution in [-0.4, -0.2) is 23.4 Å². The van der Waals surface area contributed by atoms with E-state index in [1.807, 2.05) is 0 Å². The van der Waals surface area contributed by atoms with Crippen LogP contribution in [0.2, 0.25) is 10.2 Å². The predicted octanol–water partition coefficient (Wildman–Crippen LogP) is 3.66. The lowest BCUT2D eigenvalue weighted by atomic mass is 10.2. The number of ether oxygens (including phenoxy) is 1. The molecule has 0 radical (unpaired) electrons. The summed E-state index contributed by atoms with van der Waals surface area (Å²) >= 11 is 11.9. The molecule has 20 heavy (non-hydrogen) atoms. The summed E-state index contributed by atoms with van der Waals surface area (Å²) in [6.45, 7) is 1.69. The quantitative estimate of drug-likeness (QED) is 0.689. The van der Waals surface area contributed by atoms with E-state index in [9.17, 15) is 4.79 Å². The number of carbonyl (C=O) groups is 1. The lowest BCUT2D eigenvalue weighted by molar-refractivity contribution is 0.112. The van der Waals surface area contributed by atoms with Crippen molar-refractivity contribution in [3.63, 3.8) is 0 Å². The summed E-state index contributed by atoms with van der Waals surface area (Å²) in [4.78, 5) is 19.2. The molecule has 0 spiro atoms. The highest BCUT2D eigenvalue weighted by atomic mass is 35.5. The average Bonchev–Trinajstić information content (AvgIpc) is 2.40. The summed E-state index contributed by atoms with van der Waals surface area (Å²) < 4.78 is 5.13. The van der Waals surface area contributed by atoms with Gasteiger partial charge in [-0.05, 0) is 19.1 Å². The van der Waals surface area contributed by atoms with E-state index in [4.69, 9.17) is 27.9 Å². The molecule has 1 aromatic heterocycles. The van der Waals surface area contributed by atoms with Crippen LogP contribution < -0.4 is 10.1 Å². The summed E-state index contributed by atoms with van der Waals surface area (Å²) in [5.41, 5.74) is 0.870. The van der Waals surface area contributed by atoms with Crippen LogP contribution in [0.3, 0.4) is 0 Å². The molecule has 0 unspecified atom stereocenters. The molecule has 104 valence electrons. The molecule has 0 saturated heterocycles. The largest absolute Gasteiger partial charge is 0.495 e. The highest BCUT2D eigenvalue weighted by Gasteiger charge is 2.12. The number of aromatic nitrogens is 2. The Morgan fingerprint density at radius 3 is 2.70 bits per heavy atom. The molecule has 0 bridgehead atoms. The van der Waals surface area contributed by atoms with Gasteiger partial charge in [0.1, 0.15) is 22.5 Å². The van der Waals surface area contributed by atoms with Crippen molar-refractivity contribution in [2.45, 2.75) is 6.92 Å². The fraction of sp³-hybridized carbons (Fsp3) is 0.154. The van der Waals surface area contributed by atoms with Crippen molar-refractivity contribution >= 4 is 41.0 Å². The van der Waals surface area contributed by atoms with E-state index in [1.54, 1.807) is 25.1 Å². The first-order valence-electron chi connectivity index (χ1n) is 5.65. The van der Waals surface area contributed by atoms with Crippen LogP contribution in [0, 0.1) is 6.92 Å². The van der Waals surface area contributed by atoms with Gasteiger partial charge in [0.15, 0.2) is 6.29 Å². The second-order valence-electron chi connectivity index (χ2n) is 3.92. The number of halogens is 2. The number of nitrogens with one attached hydrogen (secondary N) is 1. The maximum absolute atomic E-state index is 11.1. The van der Waals surface area contributed by atoms with E-state index < -0.39 is 0 Å². The third-order valence-electron chi connectivity index (χ3n) is 2.54. The Labute approximate surface area is 125 Å². The smallest absolute Gasteiger partial charge is 0.156 e. The van der Waals surface area contributed by atoms with Crippen molar-refractivity contribution in [2.75, 3.05) is 12.4 Å². The number of carbonyl (C=O) groups excluding carboxylic acids is 1. The van der Waals surface area contributed by atoms with Crippen LogP contribution in [0.5, 0.6) is 5.75 Å². The van der Waals surface area contributed by atoms with Crippen LogP contribution in [0.4, 0.5) is 11.5 Å². The second kappa shape index (κ2) is 6.07. The number of methoxy groups -OCH3 is 1. The number of aldehydes is 1. The van der Waals surface area contributed by atoms with Gasteiger partial charge < -0.3 is 10.1 Å². The molecule has 0 saturated carbocycles. The predicted molar refractivity (Wildman–Crippen MR) is 78.5 cm³/mol. The molecule has 1 N–H and O–H groups in total. The Morgan fingerprint density at radius 1 is 1.30 bits per heavy atom. The van der Waals surface area contributed by atoms with Crippen molar-refractivity contribution in [3.8, 4) is 5.75 Å². The highest BCUT2D eigenvalue weighted by molar-refractivity contribution is 6.32. The zero-order valence-corrected chi connectivity index (χ0v) is 12.3. The van der Waals surface area contributed by atoms with Crippen LogP contribution >= 0.6 is 23.2 Å². The number of hydrogen-bond acceptors (Lipinski definition) is 5. The third kappa shape index (κ3) is 3.00. The second-order valence-corrected chi connectivity index (χ2v) is 4.68. The molecule has 0 aliphatic carbocycles. The minimum Gasteiger partial charge on any atom is -0.495 e. The number of anilines is 2. The fourth-order valence-corrected chi connectivity index (χ4v) is 2.07. The summed E-state index contributed by atoms with van der Waals surface area (Å²) in [7, 11) is 1.52. The zero-order chi connectivity index (χ0) is 14.7. The molecule has 0 aliphatic heterocycles. The van der Waals surface area contributed by atoms with Crippen molar-refractivity contribution in [2.24, 2.45) is 0 Å². The molecule has 0 amide bonds. The summed E-state index contributed by atoms with van der Waals surface area (Å²) in [5, 5.41) is 3.60. The van der Waals surface area contributed by atoms with E-state index in [-0.39, 0.29) is 10.7 Å². The van der Waals surface area contributed by atoms with Crippen molar-refractivity contribution in [1.29, 1.82) is 0 Å². The van der Waals surface area contributed by atoms with E-state index in [0.29, 0.717) is 34.4 Å². The van der Waals surface area contributed by atoms with Crippen LogP contribution in [-0.2, 0) is 0 Å². The minimum absolute atomic E-state index is 0.107. The summed E-state index contributed by atoms with van der Waals surface area (Å²) in [6, 6.07) is 5.12. The van der Waals surface area contributed by atoms with Gasteiger partial charge in [0.2, 0.25) is 0 Å². The molecular formula is C13H11Cl2N3O2. The van der Waals surface area contributed by atoms with E-state index >= 15 is 0 Å². The van der Waals surface area contributed by atoms with Crippen molar-refractivity contribution < 1.29 is 9.53 Å². The minimum atomic E-state index is 0.107. The van der Waals surface area contributed by atoms with Gasteiger partial charge in [-0.25, -0.2) is 9.97 Å². The first-order chi connectivity index (χ1) is 9.55. The Balaban J connectivity index is 2.41. The maximum Gasteiger partial charge on any atom is 0.156 e. The monoisotopic (exact) mass is 311 g/mol. The number of rotatable bonds is 4. The highest BCUT2D eigenvalue weighted by Crippen LogP contribution is 2.30. The molecule has 1 heterocycles. The van der Waals surface area contributed by atoms with Gasteiger partial charge in [0.25, 0.3) is 0 Å². The van der Waals surface area contributed by atoms with Gasteiger partial charge in [-0.2, -0.15) is 0 Å². The summed E-state index contributed by atoms with van der Waals surface area (Å²) in [6.07, 6.45) is 0.608. The summed E-state index contributed by atoms with van der Waals surface area (Å²) in [5.74, 6) is 1.31. The topological polar surface area (TPSA) is 64.1 Å². The maximum atomic E-state index is 11.1. The molecule has 5 nitrogen and oxygen atoms in total. The lowest BCUT2D eigenvalue weighted by Gasteiger charge is -2.11. The Hall–Kier alpha value is -1.85. The first-order valence-corrected chi connectivity index (χ1v) is 6.40. The van der Waals surface area contributed by atoms with Crippen molar-refractivity contribution in [1.82, 2.24) is 9.97 Å². The zero-order valence-electron chi connectivity index (χ0n) is 10.8. The molecule has 0 aliphatic rings. The average molecular weight is 312 g/mol.